The normalized spacial score (nSPS) is 12.0. The number of anilines is 1. The van der Waals surface area contributed by atoms with Crippen LogP contribution in [0.2, 0.25) is 0 Å². The molecule has 0 atom stereocenters. The molecule has 136 valence electrons. The molecular formula is C20H19N5OS. The first-order valence-corrected chi connectivity index (χ1v) is 9.68. The van der Waals surface area contributed by atoms with E-state index < -0.39 is 0 Å². The summed E-state index contributed by atoms with van der Waals surface area (Å²) in [4.78, 5) is 24.0. The molecule has 1 aromatic carbocycles. The van der Waals surface area contributed by atoms with Crippen molar-refractivity contribution in [1.29, 1.82) is 0 Å². The number of nitrogens with zero attached hydrogens (tertiary/aromatic N) is 5. The van der Waals surface area contributed by atoms with Gasteiger partial charge in [-0.15, -0.1) is 5.10 Å². The number of hydrogen-bond acceptors (Lipinski definition) is 6. The largest absolute Gasteiger partial charge is 0.372 e. The van der Waals surface area contributed by atoms with Crippen LogP contribution in [-0.2, 0) is 0 Å². The van der Waals surface area contributed by atoms with Crippen molar-refractivity contribution in [1.82, 2.24) is 19.6 Å². The van der Waals surface area contributed by atoms with Crippen LogP contribution in [-0.4, -0.2) is 32.7 Å². The maximum Gasteiger partial charge on any atom is 0.291 e. The molecular weight excluding hydrogens is 358 g/mol. The Bertz CT molecular complexity index is 1160. The highest BCUT2D eigenvalue weighted by atomic mass is 32.1. The lowest BCUT2D eigenvalue weighted by Crippen LogP contribution is -2.23. The van der Waals surface area contributed by atoms with Crippen LogP contribution in [0.4, 0.5) is 5.69 Å². The van der Waals surface area contributed by atoms with Gasteiger partial charge in [-0.2, -0.15) is 9.50 Å². The molecule has 0 fully saturated rings. The van der Waals surface area contributed by atoms with Gasteiger partial charge in [0.15, 0.2) is 5.82 Å². The maximum absolute atomic E-state index is 12.7. The van der Waals surface area contributed by atoms with Gasteiger partial charge in [-0.25, -0.2) is 0 Å². The summed E-state index contributed by atoms with van der Waals surface area (Å²) in [6, 6.07) is 11.9. The zero-order valence-electron chi connectivity index (χ0n) is 15.2. The van der Waals surface area contributed by atoms with Crippen molar-refractivity contribution in [2.24, 2.45) is 0 Å². The molecule has 0 unspecified atom stereocenters. The molecule has 0 spiro atoms. The van der Waals surface area contributed by atoms with Gasteiger partial charge in [0.2, 0.25) is 4.96 Å². The minimum Gasteiger partial charge on any atom is -0.372 e. The Hall–Kier alpha value is -3.06. The average molecular weight is 377 g/mol. The first-order valence-electron chi connectivity index (χ1n) is 8.86. The summed E-state index contributed by atoms with van der Waals surface area (Å²) in [5.41, 5.74) is 2.87. The Labute approximate surface area is 160 Å². The lowest BCUT2D eigenvalue weighted by atomic mass is 10.2. The van der Waals surface area contributed by atoms with E-state index in [0.717, 1.165) is 24.2 Å². The van der Waals surface area contributed by atoms with Crippen molar-refractivity contribution in [2.45, 2.75) is 13.8 Å². The van der Waals surface area contributed by atoms with Gasteiger partial charge in [-0.3, -0.25) is 9.78 Å². The minimum atomic E-state index is -0.143. The fourth-order valence-electron chi connectivity index (χ4n) is 2.98. The molecule has 0 aliphatic heterocycles. The monoisotopic (exact) mass is 377 g/mol. The average Bonchev–Trinajstić information content (AvgIpc) is 3.25. The number of hydrogen-bond donors (Lipinski definition) is 0. The molecule has 4 rings (SSSR count). The summed E-state index contributed by atoms with van der Waals surface area (Å²) in [5, 5.41) is 4.35. The van der Waals surface area contributed by atoms with Crippen LogP contribution in [0.5, 0.6) is 0 Å². The number of thiazole rings is 1. The fourth-order valence-corrected chi connectivity index (χ4v) is 3.89. The van der Waals surface area contributed by atoms with Crippen LogP contribution in [0.1, 0.15) is 19.4 Å². The SMILES string of the molecule is CCN(CC)c1ccc(C=c2sc3nc(-c4ccncc4)nn3c2=O)cc1. The third-order valence-electron chi connectivity index (χ3n) is 4.44. The summed E-state index contributed by atoms with van der Waals surface area (Å²) in [5.74, 6) is 0.538. The smallest absolute Gasteiger partial charge is 0.291 e. The van der Waals surface area contributed by atoms with Gasteiger partial charge in [-0.1, -0.05) is 23.5 Å². The standard InChI is InChI=1S/C20H19N5OS/c1-3-24(4-2)16-7-5-14(6-8-16)13-17-19(26)25-20(27-17)22-18(23-25)15-9-11-21-12-10-15/h5-13H,3-4H2,1-2H3. The molecule has 7 heteroatoms. The highest BCUT2D eigenvalue weighted by Gasteiger charge is 2.11. The molecule has 3 heterocycles. The number of benzene rings is 1. The van der Waals surface area contributed by atoms with Crippen molar-refractivity contribution >= 4 is 28.1 Å². The molecule has 0 saturated carbocycles. The predicted molar refractivity (Wildman–Crippen MR) is 109 cm³/mol. The van der Waals surface area contributed by atoms with Crippen molar-refractivity contribution in [3.63, 3.8) is 0 Å². The summed E-state index contributed by atoms with van der Waals surface area (Å²) in [6.07, 6.45) is 5.26. The highest BCUT2D eigenvalue weighted by Crippen LogP contribution is 2.16. The second kappa shape index (κ2) is 7.28. The Balaban J connectivity index is 1.69. The van der Waals surface area contributed by atoms with E-state index in [1.54, 1.807) is 12.4 Å². The van der Waals surface area contributed by atoms with Crippen LogP contribution in [0.3, 0.4) is 0 Å². The molecule has 3 aromatic heterocycles. The quantitative estimate of drug-likeness (QED) is 0.535. The van der Waals surface area contributed by atoms with E-state index in [-0.39, 0.29) is 5.56 Å². The van der Waals surface area contributed by atoms with Gasteiger partial charge < -0.3 is 4.90 Å². The molecule has 0 saturated heterocycles. The topological polar surface area (TPSA) is 63.4 Å². The summed E-state index contributed by atoms with van der Waals surface area (Å²) in [7, 11) is 0. The van der Waals surface area contributed by atoms with Gasteiger partial charge >= 0.3 is 0 Å². The number of rotatable bonds is 5. The van der Waals surface area contributed by atoms with E-state index in [9.17, 15) is 4.79 Å². The predicted octanol–water partition coefficient (Wildman–Crippen LogP) is 2.61. The molecule has 27 heavy (non-hydrogen) atoms. The third-order valence-corrected chi connectivity index (χ3v) is 5.40. The van der Waals surface area contributed by atoms with E-state index in [0.29, 0.717) is 15.3 Å². The number of pyridine rings is 1. The molecule has 0 amide bonds. The van der Waals surface area contributed by atoms with Gasteiger partial charge in [0, 0.05) is 36.7 Å². The molecule has 0 aliphatic rings. The maximum atomic E-state index is 12.7. The van der Waals surface area contributed by atoms with Crippen LogP contribution in [0.25, 0.3) is 22.4 Å². The third kappa shape index (κ3) is 3.33. The molecule has 0 aliphatic carbocycles. The number of aromatic nitrogens is 4. The zero-order chi connectivity index (χ0) is 18.8. The van der Waals surface area contributed by atoms with Crippen LogP contribution in [0, 0.1) is 0 Å². The highest BCUT2D eigenvalue weighted by molar-refractivity contribution is 7.15. The molecule has 0 bridgehead atoms. The van der Waals surface area contributed by atoms with Crippen molar-refractivity contribution in [3.8, 4) is 11.4 Å². The summed E-state index contributed by atoms with van der Waals surface area (Å²) in [6.45, 7) is 6.22. The van der Waals surface area contributed by atoms with Crippen LogP contribution >= 0.6 is 11.3 Å². The Morgan fingerprint density at radius 2 is 1.78 bits per heavy atom. The molecule has 4 aromatic rings. The Kier molecular flexibility index (Phi) is 4.68. The summed E-state index contributed by atoms with van der Waals surface area (Å²) >= 11 is 1.35. The fraction of sp³-hybridized carbons (Fsp3) is 0.200. The van der Waals surface area contributed by atoms with Gasteiger partial charge in [-0.05, 0) is 49.8 Å². The van der Waals surface area contributed by atoms with Gasteiger partial charge in [0.25, 0.3) is 5.56 Å². The van der Waals surface area contributed by atoms with Crippen LogP contribution < -0.4 is 15.0 Å². The second-order valence-electron chi connectivity index (χ2n) is 6.05. The van der Waals surface area contributed by atoms with E-state index in [4.69, 9.17) is 0 Å². The van der Waals surface area contributed by atoms with Crippen molar-refractivity contribution in [3.05, 3.63) is 69.2 Å². The van der Waals surface area contributed by atoms with E-state index in [1.807, 2.05) is 30.3 Å². The second-order valence-corrected chi connectivity index (χ2v) is 7.05. The zero-order valence-corrected chi connectivity index (χ0v) is 16.0. The first-order chi connectivity index (χ1) is 13.2. The molecule has 0 radical (unpaired) electrons. The first kappa shape index (κ1) is 17.4. The van der Waals surface area contributed by atoms with Crippen molar-refractivity contribution < 1.29 is 0 Å². The Morgan fingerprint density at radius 1 is 1.07 bits per heavy atom. The molecule has 0 N–H and O–H groups in total. The summed E-state index contributed by atoms with van der Waals surface area (Å²) < 4.78 is 2.00. The van der Waals surface area contributed by atoms with E-state index >= 15 is 0 Å². The van der Waals surface area contributed by atoms with Gasteiger partial charge in [0.1, 0.15) is 0 Å². The lowest BCUT2D eigenvalue weighted by Gasteiger charge is -2.20. The van der Waals surface area contributed by atoms with Crippen LogP contribution in [0.15, 0.2) is 53.6 Å². The Morgan fingerprint density at radius 3 is 2.41 bits per heavy atom. The minimum absolute atomic E-state index is 0.143. The van der Waals surface area contributed by atoms with E-state index in [1.165, 1.54) is 21.5 Å². The van der Waals surface area contributed by atoms with Gasteiger partial charge in [0.05, 0.1) is 4.53 Å². The lowest BCUT2D eigenvalue weighted by molar-refractivity contribution is 0.866. The van der Waals surface area contributed by atoms with E-state index in [2.05, 4.69) is 45.9 Å². The molecule has 6 nitrogen and oxygen atoms in total. The van der Waals surface area contributed by atoms with Crippen molar-refractivity contribution in [2.75, 3.05) is 18.0 Å². The number of fused-ring (bicyclic) bond motifs is 1.